The van der Waals surface area contributed by atoms with Crippen molar-refractivity contribution in [3.05, 3.63) is 0 Å². The Balaban J connectivity index is 0. The minimum atomic E-state index is 0. The number of piperidine rings is 1. The number of nitrogens with zero attached hydrogens (tertiary/aromatic N) is 1. The zero-order valence-corrected chi connectivity index (χ0v) is 17.0. The number of carbonyl (C=O) groups excluding carboxylic acids is 1. The third-order valence-corrected chi connectivity index (χ3v) is 3.34. The molecule has 1 heterocycles. The van der Waals surface area contributed by atoms with Crippen molar-refractivity contribution in [1.82, 2.24) is 15.5 Å². The van der Waals surface area contributed by atoms with E-state index in [1.165, 1.54) is 45.3 Å². The van der Waals surface area contributed by atoms with Crippen LogP contribution >= 0.6 is 0 Å². The van der Waals surface area contributed by atoms with Crippen molar-refractivity contribution >= 4 is 6.41 Å². The molecule has 0 aromatic carbocycles. The summed E-state index contributed by atoms with van der Waals surface area (Å²) in [4.78, 5) is 12.4. The van der Waals surface area contributed by atoms with E-state index in [2.05, 4.69) is 22.6 Å². The fourth-order valence-corrected chi connectivity index (χ4v) is 2.22. The van der Waals surface area contributed by atoms with Gasteiger partial charge in [-0.05, 0) is 58.9 Å². The average Bonchev–Trinajstić information content (AvgIpc) is 2.34. The van der Waals surface area contributed by atoms with Crippen molar-refractivity contribution < 1.29 is 46.9 Å². The third-order valence-electron chi connectivity index (χ3n) is 3.34. The first kappa shape index (κ1) is 21.1. The van der Waals surface area contributed by atoms with E-state index in [-0.39, 0.29) is 42.1 Å². The summed E-state index contributed by atoms with van der Waals surface area (Å²) in [6.45, 7) is 4.43. The van der Waals surface area contributed by atoms with E-state index in [1.54, 1.807) is 6.41 Å². The van der Waals surface area contributed by atoms with Crippen molar-refractivity contribution in [1.29, 1.82) is 0 Å². The fraction of sp³-hybridized carbons (Fsp3) is 0.917. The van der Waals surface area contributed by atoms with E-state index in [0.717, 1.165) is 19.0 Å². The normalized spacial score (nSPS) is 16.5. The predicted octanol–water partition coefficient (Wildman–Crippen LogP) is 0.492. The molecular weight excluding hydrogens is 570 g/mol. The van der Waals surface area contributed by atoms with Crippen LogP contribution in [0.3, 0.4) is 0 Å². The van der Waals surface area contributed by atoms with Gasteiger partial charge in [0, 0.05) is 48.2 Å². The van der Waals surface area contributed by atoms with Gasteiger partial charge >= 0.3 is 0 Å². The maximum Gasteiger partial charge on any atom is 0.00884 e. The summed E-state index contributed by atoms with van der Waals surface area (Å²) in [5, 5.41) is 5.92. The van der Waals surface area contributed by atoms with Gasteiger partial charge in [-0.3, -0.25) is 0 Å². The van der Waals surface area contributed by atoms with Crippen LogP contribution in [-0.2, 0) is 46.9 Å². The number of rotatable bonds is 8. The van der Waals surface area contributed by atoms with E-state index >= 15 is 0 Å². The number of hydrogen-bond donors (Lipinski definition) is 2. The molecule has 18 heavy (non-hydrogen) atoms. The van der Waals surface area contributed by atoms with Crippen LogP contribution in [0.25, 0.3) is 0 Å². The molecule has 6 heteroatoms. The molecule has 0 saturated carbocycles. The maximum atomic E-state index is 9.89. The van der Waals surface area contributed by atoms with E-state index in [0.29, 0.717) is 0 Å². The Bertz CT molecular complexity index is 188. The molecule has 0 bridgehead atoms. The molecule has 4 nitrogen and oxygen atoms in total. The fourth-order valence-electron chi connectivity index (χ4n) is 2.22. The van der Waals surface area contributed by atoms with Gasteiger partial charge < -0.3 is 20.3 Å². The second-order valence-corrected chi connectivity index (χ2v) is 4.49. The Morgan fingerprint density at radius 3 is 2.39 bits per heavy atom. The van der Waals surface area contributed by atoms with Gasteiger partial charge in [0.05, 0.1) is 0 Å². The first-order valence-electron chi connectivity index (χ1n) is 6.36. The van der Waals surface area contributed by atoms with Crippen molar-refractivity contribution in [2.24, 2.45) is 0 Å². The SMILES string of the molecule is CNC1CCN(CCCCCN[C-]=O)CC1.[W].[W]. The summed E-state index contributed by atoms with van der Waals surface area (Å²) in [6.07, 6.45) is 7.76. The molecule has 106 valence electrons. The van der Waals surface area contributed by atoms with Crippen molar-refractivity contribution in [3.8, 4) is 0 Å². The topological polar surface area (TPSA) is 44.4 Å². The quantitative estimate of drug-likeness (QED) is 0.245. The number of unbranched alkanes of at least 4 members (excludes halogenated alkanes) is 2. The van der Waals surface area contributed by atoms with Crippen LogP contribution in [0.2, 0.25) is 0 Å². The molecule has 1 aliphatic rings. The van der Waals surface area contributed by atoms with Gasteiger partial charge in [0.2, 0.25) is 0 Å². The Kier molecular flexibility index (Phi) is 16.6. The summed E-state index contributed by atoms with van der Waals surface area (Å²) in [7, 11) is 2.05. The summed E-state index contributed by atoms with van der Waals surface area (Å²) >= 11 is 0. The Morgan fingerprint density at radius 1 is 1.17 bits per heavy atom. The first-order valence-corrected chi connectivity index (χ1v) is 6.36. The summed E-state index contributed by atoms with van der Waals surface area (Å²) in [5.74, 6) is 0. The monoisotopic (exact) mass is 594 g/mol. The molecule has 0 atom stereocenters. The second kappa shape index (κ2) is 14.2. The summed E-state index contributed by atoms with van der Waals surface area (Å²) < 4.78 is 0. The molecule has 1 rings (SSSR count). The van der Waals surface area contributed by atoms with Crippen LogP contribution in [0.1, 0.15) is 32.1 Å². The number of nitrogens with one attached hydrogen (secondary N) is 2. The van der Waals surface area contributed by atoms with E-state index in [1.807, 2.05) is 0 Å². The van der Waals surface area contributed by atoms with Gasteiger partial charge in [0.25, 0.3) is 0 Å². The second-order valence-electron chi connectivity index (χ2n) is 4.49. The average molecular weight is 594 g/mol. The van der Waals surface area contributed by atoms with Crippen LogP contribution in [0.4, 0.5) is 0 Å². The van der Waals surface area contributed by atoms with Crippen LogP contribution in [-0.4, -0.2) is 50.6 Å². The van der Waals surface area contributed by atoms with E-state index < -0.39 is 0 Å². The van der Waals surface area contributed by atoms with E-state index in [4.69, 9.17) is 0 Å². The van der Waals surface area contributed by atoms with Gasteiger partial charge in [0.15, 0.2) is 0 Å². The molecule has 0 aromatic rings. The Hall–Kier alpha value is 0.767. The van der Waals surface area contributed by atoms with Crippen LogP contribution in [0.15, 0.2) is 0 Å². The first-order chi connectivity index (χ1) is 7.86. The molecule has 0 unspecified atom stereocenters. The van der Waals surface area contributed by atoms with Gasteiger partial charge in [-0.15, -0.1) is 0 Å². The largest absolute Gasteiger partial charge is 0.530 e. The van der Waals surface area contributed by atoms with Crippen LogP contribution < -0.4 is 10.6 Å². The zero-order valence-electron chi connectivity index (χ0n) is 11.1. The van der Waals surface area contributed by atoms with Gasteiger partial charge in [0.1, 0.15) is 0 Å². The van der Waals surface area contributed by atoms with Crippen LogP contribution in [0.5, 0.6) is 0 Å². The van der Waals surface area contributed by atoms with Gasteiger partial charge in [-0.25, -0.2) is 0 Å². The number of likely N-dealkylation sites (tertiary alicyclic amines) is 1. The molecule has 1 amide bonds. The molecule has 0 aliphatic carbocycles. The molecule has 0 radical (unpaired) electrons. The number of hydrogen-bond acceptors (Lipinski definition) is 3. The van der Waals surface area contributed by atoms with Crippen molar-refractivity contribution in [2.75, 3.05) is 33.2 Å². The van der Waals surface area contributed by atoms with Gasteiger partial charge in [-0.2, -0.15) is 6.41 Å². The molecule has 1 saturated heterocycles. The molecule has 1 aliphatic heterocycles. The minimum absolute atomic E-state index is 0. The molecular formula is C12H24N3OW2-. The molecule has 1 fully saturated rings. The van der Waals surface area contributed by atoms with Crippen molar-refractivity contribution in [2.45, 2.75) is 38.1 Å². The molecule has 0 aromatic heterocycles. The maximum absolute atomic E-state index is 9.89. The minimum Gasteiger partial charge on any atom is -0.530 e. The number of amides is 1. The molecule has 2 N–H and O–H groups in total. The smallest absolute Gasteiger partial charge is 0.00884 e. The predicted molar refractivity (Wildman–Crippen MR) is 66.1 cm³/mol. The summed E-state index contributed by atoms with van der Waals surface area (Å²) in [5.41, 5.74) is 0. The van der Waals surface area contributed by atoms with Crippen LogP contribution in [0, 0.1) is 0 Å². The third kappa shape index (κ3) is 9.66. The molecule has 0 spiro atoms. The van der Waals surface area contributed by atoms with Crippen molar-refractivity contribution in [3.63, 3.8) is 0 Å². The Morgan fingerprint density at radius 2 is 1.83 bits per heavy atom. The van der Waals surface area contributed by atoms with E-state index in [9.17, 15) is 4.79 Å². The van der Waals surface area contributed by atoms with Gasteiger partial charge in [-0.1, -0.05) is 6.42 Å². The zero-order chi connectivity index (χ0) is 11.6. The Labute approximate surface area is 140 Å². The standard InChI is InChI=1S/C12H24N3O.2W/c1-13-12-5-9-15(10-6-12)8-4-2-3-7-14-11-16;;/h12-13H,2-10H2,1H3,(H,14,16);;/q-1;;. The summed E-state index contributed by atoms with van der Waals surface area (Å²) in [6, 6.07) is 0.726.